The second-order valence-electron chi connectivity index (χ2n) is 4.01. The number of hydrogen-bond acceptors (Lipinski definition) is 3. The number of ether oxygens (including phenoxy) is 2. The molecule has 1 rings (SSSR count). The molecule has 1 fully saturated rings. The van der Waals surface area contributed by atoms with Crippen LogP contribution in [0.3, 0.4) is 0 Å². The lowest BCUT2D eigenvalue weighted by Gasteiger charge is -2.06. The van der Waals surface area contributed by atoms with Crippen molar-refractivity contribution in [1.82, 2.24) is 0 Å². The summed E-state index contributed by atoms with van der Waals surface area (Å²) < 4.78 is 16.0. The molecule has 0 aromatic rings. The molecular weight excluding hydrogens is 196 g/mol. The molecule has 1 aliphatic heterocycles. The third kappa shape index (κ3) is 7.50. The first-order chi connectivity index (χ1) is 6.79. The van der Waals surface area contributed by atoms with E-state index in [1.807, 2.05) is 0 Å². The molecule has 0 N–H and O–H groups in total. The van der Waals surface area contributed by atoms with Gasteiger partial charge in [0.15, 0.2) is 9.04 Å². The van der Waals surface area contributed by atoms with Crippen LogP contribution < -0.4 is 0 Å². The van der Waals surface area contributed by atoms with Crippen LogP contribution >= 0.6 is 0 Å². The monoisotopic (exact) mass is 218 g/mol. The lowest BCUT2D eigenvalue weighted by atomic mass is 10.2. The molecule has 0 amide bonds. The van der Waals surface area contributed by atoms with Gasteiger partial charge in [-0.05, 0) is 32.4 Å². The van der Waals surface area contributed by atoms with Crippen LogP contribution in [-0.2, 0) is 13.9 Å². The van der Waals surface area contributed by atoms with Crippen LogP contribution in [0, 0.1) is 0 Å². The van der Waals surface area contributed by atoms with Gasteiger partial charge in [-0.15, -0.1) is 0 Å². The van der Waals surface area contributed by atoms with Crippen molar-refractivity contribution < 1.29 is 13.9 Å². The van der Waals surface area contributed by atoms with E-state index in [2.05, 4.69) is 13.1 Å². The summed E-state index contributed by atoms with van der Waals surface area (Å²) in [6.07, 6.45) is 3.95. The van der Waals surface area contributed by atoms with Crippen molar-refractivity contribution in [3.05, 3.63) is 0 Å². The van der Waals surface area contributed by atoms with Crippen LogP contribution in [-0.4, -0.2) is 41.6 Å². The SMILES string of the molecule is C[SiH](C)OCCCCCOCC1CO1. The highest BCUT2D eigenvalue weighted by molar-refractivity contribution is 6.48. The summed E-state index contributed by atoms with van der Waals surface area (Å²) in [5, 5.41) is 0. The first-order valence-corrected chi connectivity index (χ1v) is 8.38. The number of epoxide rings is 1. The fourth-order valence-corrected chi connectivity index (χ4v) is 1.82. The third-order valence-electron chi connectivity index (χ3n) is 2.09. The van der Waals surface area contributed by atoms with Gasteiger partial charge in [0.2, 0.25) is 0 Å². The maximum Gasteiger partial charge on any atom is 0.170 e. The van der Waals surface area contributed by atoms with Crippen LogP contribution in [0.4, 0.5) is 0 Å². The largest absolute Gasteiger partial charge is 0.421 e. The Morgan fingerprint density at radius 2 is 1.93 bits per heavy atom. The molecule has 4 heteroatoms. The van der Waals surface area contributed by atoms with E-state index in [0.717, 1.165) is 32.8 Å². The van der Waals surface area contributed by atoms with Gasteiger partial charge in [0.1, 0.15) is 6.10 Å². The zero-order valence-electron chi connectivity index (χ0n) is 9.33. The minimum atomic E-state index is -0.788. The smallest absolute Gasteiger partial charge is 0.170 e. The van der Waals surface area contributed by atoms with Gasteiger partial charge in [-0.3, -0.25) is 0 Å². The quantitative estimate of drug-likeness (QED) is 0.334. The summed E-state index contributed by atoms with van der Waals surface area (Å²) in [5.74, 6) is 0. The van der Waals surface area contributed by atoms with Gasteiger partial charge in [0.05, 0.1) is 13.2 Å². The van der Waals surface area contributed by atoms with Gasteiger partial charge >= 0.3 is 0 Å². The molecule has 1 unspecified atom stereocenters. The Morgan fingerprint density at radius 1 is 1.21 bits per heavy atom. The number of rotatable bonds is 9. The molecular formula is C10H22O3Si. The first kappa shape index (κ1) is 12.2. The predicted molar refractivity (Wildman–Crippen MR) is 59.2 cm³/mol. The van der Waals surface area contributed by atoms with Gasteiger partial charge < -0.3 is 13.9 Å². The van der Waals surface area contributed by atoms with E-state index in [9.17, 15) is 0 Å². The molecule has 0 aliphatic carbocycles. The summed E-state index contributed by atoms with van der Waals surface area (Å²) in [5.41, 5.74) is 0. The summed E-state index contributed by atoms with van der Waals surface area (Å²) in [6.45, 7) is 7.91. The predicted octanol–water partition coefficient (Wildman–Crippen LogP) is 1.57. The van der Waals surface area contributed by atoms with Crippen molar-refractivity contribution in [2.24, 2.45) is 0 Å². The normalized spacial score (nSPS) is 20.4. The minimum absolute atomic E-state index is 0.408. The van der Waals surface area contributed by atoms with Crippen LogP contribution in [0.15, 0.2) is 0 Å². The van der Waals surface area contributed by atoms with E-state index in [4.69, 9.17) is 13.9 Å². The van der Waals surface area contributed by atoms with Gasteiger partial charge in [0, 0.05) is 13.2 Å². The average molecular weight is 218 g/mol. The Bertz CT molecular complexity index is 129. The molecule has 0 saturated carbocycles. The second-order valence-corrected chi connectivity index (χ2v) is 6.44. The van der Waals surface area contributed by atoms with Gasteiger partial charge in [-0.2, -0.15) is 0 Å². The van der Waals surface area contributed by atoms with Crippen molar-refractivity contribution in [2.75, 3.05) is 26.4 Å². The third-order valence-corrected chi connectivity index (χ3v) is 2.99. The minimum Gasteiger partial charge on any atom is -0.421 e. The van der Waals surface area contributed by atoms with Crippen molar-refractivity contribution in [1.29, 1.82) is 0 Å². The Hall–Kier alpha value is 0.0969. The maximum atomic E-state index is 5.57. The molecule has 0 aromatic heterocycles. The molecule has 0 aromatic carbocycles. The Labute approximate surface area is 88.5 Å². The summed E-state index contributed by atoms with van der Waals surface area (Å²) in [7, 11) is -0.788. The van der Waals surface area contributed by atoms with E-state index in [0.29, 0.717) is 6.10 Å². The topological polar surface area (TPSA) is 31.0 Å². The highest BCUT2D eigenvalue weighted by Gasteiger charge is 2.21. The molecule has 1 aliphatic rings. The van der Waals surface area contributed by atoms with Crippen molar-refractivity contribution in [2.45, 2.75) is 38.5 Å². The van der Waals surface area contributed by atoms with Crippen molar-refractivity contribution >= 4 is 9.04 Å². The molecule has 0 bridgehead atoms. The average Bonchev–Trinajstić information content (AvgIpc) is 2.92. The van der Waals surface area contributed by atoms with Crippen LogP contribution in [0.1, 0.15) is 19.3 Å². The van der Waals surface area contributed by atoms with E-state index in [1.54, 1.807) is 0 Å². The lowest BCUT2D eigenvalue weighted by Crippen LogP contribution is -2.09. The van der Waals surface area contributed by atoms with Gasteiger partial charge in [0.25, 0.3) is 0 Å². The maximum absolute atomic E-state index is 5.57. The summed E-state index contributed by atoms with van der Waals surface area (Å²) >= 11 is 0. The van der Waals surface area contributed by atoms with Gasteiger partial charge in [-0.1, -0.05) is 0 Å². The Morgan fingerprint density at radius 3 is 2.57 bits per heavy atom. The Kier molecular flexibility index (Phi) is 6.43. The summed E-state index contributed by atoms with van der Waals surface area (Å²) in [6, 6.07) is 0. The highest BCUT2D eigenvalue weighted by Crippen LogP contribution is 2.08. The molecule has 0 spiro atoms. The van der Waals surface area contributed by atoms with E-state index < -0.39 is 9.04 Å². The zero-order valence-corrected chi connectivity index (χ0v) is 10.5. The number of unbranched alkanes of at least 4 members (excludes halogenated alkanes) is 2. The van der Waals surface area contributed by atoms with E-state index >= 15 is 0 Å². The molecule has 3 nitrogen and oxygen atoms in total. The molecule has 14 heavy (non-hydrogen) atoms. The van der Waals surface area contributed by atoms with Crippen LogP contribution in [0.25, 0.3) is 0 Å². The van der Waals surface area contributed by atoms with E-state index in [-0.39, 0.29) is 0 Å². The van der Waals surface area contributed by atoms with Crippen LogP contribution in [0.5, 0.6) is 0 Å². The fraction of sp³-hybridized carbons (Fsp3) is 1.00. The fourth-order valence-electron chi connectivity index (χ4n) is 1.18. The van der Waals surface area contributed by atoms with Crippen molar-refractivity contribution in [3.63, 3.8) is 0 Å². The lowest BCUT2D eigenvalue weighted by molar-refractivity contribution is 0.112. The van der Waals surface area contributed by atoms with Crippen LogP contribution in [0.2, 0.25) is 13.1 Å². The van der Waals surface area contributed by atoms with Gasteiger partial charge in [-0.25, -0.2) is 0 Å². The molecule has 0 radical (unpaired) electrons. The first-order valence-electron chi connectivity index (χ1n) is 5.60. The second kappa shape index (κ2) is 7.40. The summed E-state index contributed by atoms with van der Waals surface area (Å²) in [4.78, 5) is 0. The number of hydrogen-bond donors (Lipinski definition) is 0. The van der Waals surface area contributed by atoms with E-state index in [1.165, 1.54) is 12.8 Å². The highest BCUT2D eigenvalue weighted by atomic mass is 28.3. The molecule has 1 atom stereocenters. The zero-order chi connectivity index (χ0) is 10.2. The standard InChI is InChI=1S/C10H22O3Si/c1-14(2)13-7-5-3-4-6-11-8-10-9-12-10/h10,14H,3-9H2,1-2H3. The Balaban J connectivity index is 1.66. The molecule has 84 valence electrons. The molecule has 1 heterocycles. The molecule has 1 saturated heterocycles. The van der Waals surface area contributed by atoms with Crippen molar-refractivity contribution in [3.8, 4) is 0 Å².